The number of rotatable bonds is 7. The molecule has 1 aliphatic heterocycles. The highest BCUT2D eigenvalue weighted by Gasteiger charge is 2.50. The van der Waals surface area contributed by atoms with Crippen molar-refractivity contribution in [1.29, 1.82) is 0 Å². The largest absolute Gasteiger partial charge is 0.495 e. The fourth-order valence-corrected chi connectivity index (χ4v) is 3.91. The predicted molar refractivity (Wildman–Crippen MR) is 113 cm³/mol. The van der Waals surface area contributed by atoms with Gasteiger partial charge in [0.1, 0.15) is 17.4 Å². The van der Waals surface area contributed by atoms with Gasteiger partial charge in [-0.1, -0.05) is 24.3 Å². The Morgan fingerprint density at radius 2 is 1.90 bits per heavy atom. The number of hydrogen-bond donors (Lipinski definition) is 1. The number of nitrogens with one attached hydrogen (secondary N) is 1. The van der Waals surface area contributed by atoms with E-state index in [0.717, 1.165) is 41.3 Å². The zero-order chi connectivity index (χ0) is 20.6. The van der Waals surface area contributed by atoms with E-state index in [1.807, 2.05) is 60.7 Å². The van der Waals surface area contributed by atoms with Crippen LogP contribution in [-0.2, 0) is 16.6 Å². The molecule has 6 nitrogen and oxygen atoms in total. The summed E-state index contributed by atoms with van der Waals surface area (Å²) in [6.07, 6.45) is 1.99. The van der Waals surface area contributed by atoms with Crippen LogP contribution in [0, 0.1) is 0 Å². The summed E-state index contributed by atoms with van der Waals surface area (Å²) in [6, 6.07) is 19.2. The Hall–Kier alpha value is -3.54. The lowest BCUT2D eigenvalue weighted by atomic mass is 9.88. The SMILES string of the molecule is COc1ccccc1Nc1cccc(CC(=O)C2(c3ccc4c(c3)OCO4)CC2)n1. The number of ketones is 1. The van der Waals surface area contributed by atoms with Gasteiger partial charge in [-0.3, -0.25) is 4.79 Å². The third-order valence-electron chi connectivity index (χ3n) is 5.73. The van der Waals surface area contributed by atoms with Gasteiger partial charge in [0, 0.05) is 6.42 Å². The van der Waals surface area contributed by atoms with Gasteiger partial charge in [0.05, 0.1) is 23.9 Å². The van der Waals surface area contributed by atoms with Crippen LogP contribution in [0.3, 0.4) is 0 Å². The first-order valence-electron chi connectivity index (χ1n) is 9.97. The van der Waals surface area contributed by atoms with Crippen LogP contribution in [0.4, 0.5) is 11.5 Å². The van der Waals surface area contributed by atoms with Crippen LogP contribution in [0.2, 0.25) is 0 Å². The van der Waals surface area contributed by atoms with Crippen LogP contribution in [0.5, 0.6) is 17.2 Å². The molecule has 6 heteroatoms. The van der Waals surface area contributed by atoms with Crippen molar-refractivity contribution >= 4 is 17.3 Å². The number of fused-ring (bicyclic) bond motifs is 1. The van der Waals surface area contributed by atoms with Crippen molar-refractivity contribution in [2.24, 2.45) is 0 Å². The number of anilines is 2. The van der Waals surface area contributed by atoms with E-state index in [4.69, 9.17) is 14.2 Å². The molecule has 0 unspecified atom stereocenters. The smallest absolute Gasteiger partial charge is 0.231 e. The molecular weight excluding hydrogens is 380 g/mol. The fraction of sp³-hybridized carbons (Fsp3) is 0.250. The molecule has 152 valence electrons. The highest BCUT2D eigenvalue weighted by molar-refractivity contribution is 5.94. The molecule has 1 saturated carbocycles. The standard InChI is InChI=1S/C24H22N2O4/c1-28-19-7-3-2-6-18(19)26-23-8-4-5-17(25-23)14-22(27)24(11-12-24)16-9-10-20-21(13-16)30-15-29-20/h2-10,13H,11-12,14-15H2,1H3,(H,25,26). The third-order valence-corrected chi connectivity index (χ3v) is 5.73. The number of hydrogen-bond acceptors (Lipinski definition) is 6. The highest BCUT2D eigenvalue weighted by Crippen LogP contribution is 2.51. The molecule has 0 radical (unpaired) electrons. The number of methoxy groups -OCH3 is 1. The molecule has 0 spiro atoms. The maximum absolute atomic E-state index is 13.2. The summed E-state index contributed by atoms with van der Waals surface area (Å²) in [5.74, 6) is 3.05. The van der Waals surface area contributed by atoms with Crippen molar-refractivity contribution in [2.45, 2.75) is 24.7 Å². The molecule has 2 aromatic carbocycles. The van der Waals surface area contributed by atoms with Crippen LogP contribution >= 0.6 is 0 Å². The Balaban J connectivity index is 1.33. The van der Waals surface area contributed by atoms with E-state index in [1.54, 1.807) is 7.11 Å². The van der Waals surface area contributed by atoms with Gasteiger partial charge < -0.3 is 19.5 Å². The summed E-state index contributed by atoms with van der Waals surface area (Å²) in [4.78, 5) is 17.9. The second kappa shape index (κ2) is 7.37. The monoisotopic (exact) mass is 402 g/mol. The number of Topliss-reactive ketones (excluding diaryl/α,β-unsaturated/α-hetero) is 1. The Labute approximate surface area is 174 Å². The van der Waals surface area contributed by atoms with E-state index in [2.05, 4.69) is 10.3 Å². The van der Waals surface area contributed by atoms with Crippen LogP contribution in [0.15, 0.2) is 60.7 Å². The summed E-state index contributed by atoms with van der Waals surface area (Å²) in [5.41, 5.74) is 2.14. The lowest BCUT2D eigenvalue weighted by Gasteiger charge is -2.15. The molecule has 0 atom stereocenters. The minimum atomic E-state index is -0.436. The van der Waals surface area contributed by atoms with Gasteiger partial charge in [0.25, 0.3) is 0 Å². The molecule has 5 rings (SSSR count). The molecule has 2 heterocycles. The third kappa shape index (κ3) is 3.34. The van der Waals surface area contributed by atoms with E-state index in [0.29, 0.717) is 11.6 Å². The molecule has 1 N–H and O–H groups in total. The van der Waals surface area contributed by atoms with Gasteiger partial charge in [0.2, 0.25) is 6.79 Å². The molecule has 1 aliphatic carbocycles. The van der Waals surface area contributed by atoms with Crippen LogP contribution in [-0.4, -0.2) is 24.7 Å². The molecule has 0 bridgehead atoms. The number of ether oxygens (including phenoxy) is 3. The van der Waals surface area contributed by atoms with E-state index in [1.165, 1.54) is 0 Å². The van der Waals surface area contributed by atoms with E-state index < -0.39 is 5.41 Å². The number of carbonyl (C=O) groups excluding carboxylic acids is 1. The van der Waals surface area contributed by atoms with Gasteiger partial charge in [-0.15, -0.1) is 0 Å². The second-order valence-corrected chi connectivity index (χ2v) is 7.59. The Morgan fingerprint density at radius 3 is 2.73 bits per heavy atom. The molecule has 30 heavy (non-hydrogen) atoms. The quantitative estimate of drug-likeness (QED) is 0.631. The normalized spacial score (nSPS) is 15.5. The first kappa shape index (κ1) is 18.5. The summed E-state index contributed by atoms with van der Waals surface area (Å²) in [6.45, 7) is 0.232. The molecule has 0 amide bonds. The lowest BCUT2D eigenvalue weighted by molar-refractivity contribution is -0.120. The number of pyridine rings is 1. The summed E-state index contributed by atoms with van der Waals surface area (Å²) >= 11 is 0. The maximum atomic E-state index is 13.2. The average molecular weight is 402 g/mol. The topological polar surface area (TPSA) is 69.7 Å². The first-order chi connectivity index (χ1) is 14.7. The van der Waals surface area contributed by atoms with Gasteiger partial charge in [-0.05, 0) is 54.8 Å². The summed E-state index contributed by atoms with van der Waals surface area (Å²) in [7, 11) is 1.63. The number of nitrogens with zero attached hydrogens (tertiary/aromatic N) is 1. The number of benzene rings is 2. The lowest BCUT2D eigenvalue weighted by Crippen LogP contribution is -2.23. The minimum Gasteiger partial charge on any atom is -0.495 e. The number of aromatic nitrogens is 1. The first-order valence-corrected chi connectivity index (χ1v) is 9.97. The molecule has 2 aliphatic rings. The van der Waals surface area contributed by atoms with Crippen molar-refractivity contribution in [3.63, 3.8) is 0 Å². The van der Waals surface area contributed by atoms with Crippen LogP contribution in [0.25, 0.3) is 0 Å². The summed E-state index contributed by atoms with van der Waals surface area (Å²) in [5, 5.41) is 3.27. The Morgan fingerprint density at radius 1 is 1.07 bits per heavy atom. The van der Waals surface area contributed by atoms with Crippen molar-refractivity contribution < 1.29 is 19.0 Å². The van der Waals surface area contributed by atoms with Gasteiger partial charge in [-0.2, -0.15) is 0 Å². The number of para-hydroxylation sites is 2. The van der Waals surface area contributed by atoms with E-state index >= 15 is 0 Å². The highest BCUT2D eigenvalue weighted by atomic mass is 16.7. The van der Waals surface area contributed by atoms with Crippen molar-refractivity contribution in [3.05, 3.63) is 71.9 Å². The average Bonchev–Trinajstić information content (AvgIpc) is 3.45. The van der Waals surface area contributed by atoms with Crippen LogP contribution in [0.1, 0.15) is 24.1 Å². The summed E-state index contributed by atoms with van der Waals surface area (Å²) < 4.78 is 16.3. The zero-order valence-corrected chi connectivity index (χ0v) is 16.7. The second-order valence-electron chi connectivity index (χ2n) is 7.59. The Bertz CT molecular complexity index is 1110. The molecule has 0 saturated heterocycles. The fourth-order valence-electron chi connectivity index (χ4n) is 3.91. The number of carbonyl (C=O) groups is 1. The Kier molecular flexibility index (Phi) is 4.54. The maximum Gasteiger partial charge on any atom is 0.231 e. The van der Waals surface area contributed by atoms with Crippen LogP contribution < -0.4 is 19.5 Å². The van der Waals surface area contributed by atoms with Crippen molar-refractivity contribution in [2.75, 3.05) is 19.2 Å². The molecule has 1 aromatic heterocycles. The zero-order valence-electron chi connectivity index (χ0n) is 16.7. The van der Waals surface area contributed by atoms with Crippen molar-refractivity contribution in [1.82, 2.24) is 4.98 Å². The van der Waals surface area contributed by atoms with E-state index in [-0.39, 0.29) is 19.0 Å². The molecule has 1 fully saturated rings. The molecular formula is C24H22N2O4. The van der Waals surface area contributed by atoms with E-state index in [9.17, 15) is 4.79 Å². The predicted octanol–water partition coefficient (Wildman–Crippen LogP) is 4.41. The van der Waals surface area contributed by atoms with Gasteiger partial charge in [-0.25, -0.2) is 4.98 Å². The van der Waals surface area contributed by atoms with Gasteiger partial charge in [0.15, 0.2) is 11.5 Å². The van der Waals surface area contributed by atoms with Gasteiger partial charge >= 0.3 is 0 Å². The minimum absolute atomic E-state index is 0.184. The molecule has 3 aromatic rings. The van der Waals surface area contributed by atoms with Crippen molar-refractivity contribution in [3.8, 4) is 17.2 Å².